The van der Waals surface area contributed by atoms with Gasteiger partial charge in [0.15, 0.2) is 23.1 Å². The number of ketones is 2. The quantitative estimate of drug-likeness (QED) is 0.280. The molecule has 0 aromatic heterocycles. The molecule has 2 aliphatic carbocycles. The van der Waals surface area contributed by atoms with Crippen LogP contribution in [0.25, 0.3) is 0 Å². The molecule has 7 nitrogen and oxygen atoms in total. The van der Waals surface area contributed by atoms with Gasteiger partial charge in [-0.1, -0.05) is 57.5 Å². The Hall–Kier alpha value is -2.85. The number of methoxy groups -OCH3 is 1. The molecule has 9 heteroatoms. The fourth-order valence-corrected chi connectivity index (χ4v) is 7.64. The predicted molar refractivity (Wildman–Crippen MR) is 173 cm³/mol. The number of nitrogens with zero attached hydrogens (tertiary/aromatic N) is 1. The number of rotatable bonds is 8. The monoisotopic (exact) mass is 717 g/mol. The number of Topliss-reactive ketones (excluding diaryl/α,β-unsaturated/α-hetero) is 2. The second-order valence-electron chi connectivity index (χ2n) is 13.2. The van der Waals surface area contributed by atoms with Gasteiger partial charge in [0.2, 0.25) is 0 Å². The minimum Gasteiger partial charge on any atom is -0.493 e. The van der Waals surface area contributed by atoms with E-state index in [1.807, 2.05) is 41.3 Å². The Morgan fingerprint density at radius 1 is 1.00 bits per heavy atom. The number of carbonyl (C=O) groups excluding carboxylic acids is 2. The molecule has 1 aliphatic heterocycles. The Labute approximate surface area is 271 Å². The van der Waals surface area contributed by atoms with Gasteiger partial charge in [-0.2, -0.15) is 0 Å². The van der Waals surface area contributed by atoms with Gasteiger partial charge in [-0.15, -0.1) is 0 Å². The molecule has 5 rings (SSSR count). The SMILES string of the molecule is COc1cc(C2C3=C(CC(C)(C)CC3=O)N(CCC(=O)O)C3=C2C(=O)CC(C)(C)C3)cc(I)c1OCc1ccccc1Cl. The number of hydrogen-bond acceptors (Lipinski definition) is 6. The number of halogens is 2. The van der Waals surface area contributed by atoms with E-state index in [-0.39, 0.29) is 42.0 Å². The van der Waals surface area contributed by atoms with Gasteiger partial charge in [-0.05, 0) is 70.0 Å². The summed E-state index contributed by atoms with van der Waals surface area (Å²) in [5.74, 6) is -0.443. The number of carboxylic acid groups (broad SMARTS) is 1. The van der Waals surface area contributed by atoms with Crippen molar-refractivity contribution in [2.75, 3.05) is 13.7 Å². The molecule has 0 saturated carbocycles. The second kappa shape index (κ2) is 11.9. The van der Waals surface area contributed by atoms with Crippen LogP contribution in [0.5, 0.6) is 11.5 Å². The number of carbonyl (C=O) groups is 3. The summed E-state index contributed by atoms with van der Waals surface area (Å²) in [7, 11) is 1.57. The highest BCUT2D eigenvalue weighted by Gasteiger charge is 2.49. The molecule has 3 aliphatic rings. The third kappa shape index (κ3) is 6.36. The lowest BCUT2D eigenvalue weighted by atomic mass is 9.63. The average Bonchev–Trinajstić information content (AvgIpc) is 2.89. The first kappa shape index (κ1) is 31.6. The van der Waals surface area contributed by atoms with Gasteiger partial charge in [-0.25, -0.2) is 0 Å². The molecule has 0 unspecified atom stereocenters. The lowest BCUT2D eigenvalue weighted by Gasteiger charge is -2.49. The Morgan fingerprint density at radius 2 is 1.58 bits per heavy atom. The number of hydrogen-bond donors (Lipinski definition) is 1. The van der Waals surface area contributed by atoms with E-state index in [4.69, 9.17) is 21.1 Å². The third-order valence-electron chi connectivity index (χ3n) is 8.49. The first-order valence-electron chi connectivity index (χ1n) is 14.5. The maximum Gasteiger partial charge on any atom is 0.305 e. The standard InChI is InChI=1S/C34H37ClINO6/c1-33(2)14-23-30(25(38)16-33)29(31-24(37(23)11-10-28(40)41)15-34(3,4)17-26(31)39)20-12-22(36)32(27(13-20)42-5)43-18-19-8-6-7-9-21(19)35/h6-9,12-13,29H,10-11,14-18H2,1-5H3,(H,40,41). The van der Waals surface area contributed by atoms with Crippen LogP contribution >= 0.6 is 34.2 Å². The molecule has 2 aromatic rings. The Morgan fingerprint density at radius 3 is 2.12 bits per heavy atom. The van der Waals surface area contributed by atoms with Crippen molar-refractivity contribution in [2.24, 2.45) is 10.8 Å². The fraction of sp³-hybridized carbons (Fsp3) is 0.441. The molecule has 0 atom stereocenters. The summed E-state index contributed by atoms with van der Waals surface area (Å²) >= 11 is 8.56. The number of benzene rings is 2. The summed E-state index contributed by atoms with van der Waals surface area (Å²) in [5, 5.41) is 10.2. The molecule has 0 spiro atoms. The maximum atomic E-state index is 14.0. The van der Waals surface area contributed by atoms with E-state index in [0.29, 0.717) is 53.4 Å². The first-order valence-corrected chi connectivity index (χ1v) is 15.9. The molecule has 0 radical (unpaired) electrons. The molecule has 228 valence electrons. The van der Waals surface area contributed by atoms with Crippen molar-refractivity contribution in [1.82, 2.24) is 4.90 Å². The van der Waals surface area contributed by atoms with E-state index in [1.165, 1.54) is 0 Å². The number of ether oxygens (including phenoxy) is 2. The summed E-state index contributed by atoms with van der Waals surface area (Å²) in [6.07, 6.45) is 1.84. The summed E-state index contributed by atoms with van der Waals surface area (Å²) in [4.78, 5) is 41.7. The summed E-state index contributed by atoms with van der Waals surface area (Å²) < 4.78 is 12.8. The van der Waals surface area contributed by atoms with Crippen LogP contribution in [-0.4, -0.2) is 41.2 Å². The summed E-state index contributed by atoms with van der Waals surface area (Å²) in [6, 6.07) is 11.3. The molecular formula is C34H37ClINO6. The largest absolute Gasteiger partial charge is 0.493 e. The lowest BCUT2D eigenvalue weighted by molar-refractivity contribution is -0.137. The minimum absolute atomic E-state index is 0.00576. The number of carboxylic acids is 1. The van der Waals surface area contributed by atoms with Crippen LogP contribution in [0.4, 0.5) is 0 Å². The van der Waals surface area contributed by atoms with E-state index in [1.54, 1.807) is 7.11 Å². The van der Waals surface area contributed by atoms with Crippen molar-refractivity contribution in [3.8, 4) is 11.5 Å². The van der Waals surface area contributed by atoms with Gasteiger partial charge >= 0.3 is 5.97 Å². The highest BCUT2D eigenvalue weighted by molar-refractivity contribution is 14.1. The van der Waals surface area contributed by atoms with Crippen LogP contribution in [0.15, 0.2) is 58.9 Å². The first-order chi connectivity index (χ1) is 20.2. The normalized spacial score (nSPS) is 19.7. The topological polar surface area (TPSA) is 93.1 Å². The van der Waals surface area contributed by atoms with E-state index in [0.717, 1.165) is 26.1 Å². The molecule has 1 N–H and O–H groups in total. The lowest BCUT2D eigenvalue weighted by Crippen LogP contribution is -2.45. The van der Waals surface area contributed by atoms with Crippen molar-refractivity contribution in [3.05, 3.63) is 78.7 Å². The highest BCUT2D eigenvalue weighted by Crippen LogP contribution is 2.55. The fourth-order valence-electron chi connectivity index (χ4n) is 6.67. The van der Waals surface area contributed by atoms with Crippen molar-refractivity contribution in [2.45, 2.75) is 72.3 Å². The van der Waals surface area contributed by atoms with E-state index >= 15 is 0 Å². The van der Waals surface area contributed by atoms with Crippen molar-refractivity contribution >= 4 is 51.7 Å². The molecule has 2 aromatic carbocycles. The van der Waals surface area contributed by atoms with Gasteiger partial charge < -0.3 is 19.5 Å². The van der Waals surface area contributed by atoms with Crippen molar-refractivity contribution in [1.29, 1.82) is 0 Å². The third-order valence-corrected chi connectivity index (χ3v) is 9.66. The Balaban J connectivity index is 1.67. The molecule has 43 heavy (non-hydrogen) atoms. The Bertz CT molecular complexity index is 1520. The van der Waals surface area contributed by atoms with E-state index < -0.39 is 11.9 Å². The summed E-state index contributed by atoms with van der Waals surface area (Å²) in [5.41, 5.74) is 3.90. The highest BCUT2D eigenvalue weighted by atomic mass is 127. The minimum atomic E-state index is -0.916. The van der Waals surface area contributed by atoms with Crippen LogP contribution in [-0.2, 0) is 21.0 Å². The molecule has 1 heterocycles. The molecule has 0 fully saturated rings. The van der Waals surface area contributed by atoms with Gasteiger partial charge in [0, 0.05) is 58.4 Å². The van der Waals surface area contributed by atoms with Gasteiger partial charge in [0.05, 0.1) is 17.1 Å². The van der Waals surface area contributed by atoms with E-state index in [2.05, 4.69) is 50.3 Å². The molecule has 0 saturated heterocycles. The molecule has 0 bridgehead atoms. The molecule has 0 amide bonds. The smallest absolute Gasteiger partial charge is 0.305 e. The zero-order valence-corrected chi connectivity index (χ0v) is 28.1. The van der Waals surface area contributed by atoms with Crippen LogP contribution in [0.3, 0.4) is 0 Å². The number of allylic oxidation sites excluding steroid dienone is 4. The van der Waals surface area contributed by atoms with Crippen LogP contribution < -0.4 is 9.47 Å². The van der Waals surface area contributed by atoms with Crippen molar-refractivity contribution < 1.29 is 29.0 Å². The predicted octanol–water partition coefficient (Wildman–Crippen LogP) is 7.69. The number of aliphatic carboxylic acids is 1. The Kier molecular flexibility index (Phi) is 8.75. The van der Waals surface area contributed by atoms with E-state index in [9.17, 15) is 19.5 Å². The van der Waals surface area contributed by atoms with Gasteiger partial charge in [0.1, 0.15) is 6.61 Å². The van der Waals surface area contributed by atoms with Crippen LogP contribution in [0.2, 0.25) is 5.02 Å². The summed E-state index contributed by atoms with van der Waals surface area (Å²) in [6.45, 7) is 8.72. The van der Waals surface area contributed by atoms with Crippen molar-refractivity contribution in [3.63, 3.8) is 0 Å². The van der Waals surface area contributed by atoms with Gasteiger partial charge in [0.25, 0.3) is 0 Å². The zero-order chi connectivity index (χ0) is 31.3. The van der Waals surface area contributed by atoms with Crippen LogP contribution in [0.1, 0.15) is 76.8 Å². The maximum absolute atomic E-state index is 14.0. The zero-order valence-electron chi connectivity index (χ0n) is 25.2. The second-order valence-corrected chi connectivity index (χ2v) is 14.8. The van der Waals surface area contributed by atoms with Crippen LogP contribution in [0, 0.1) is 14.4 Å². The van der Waals surface area contributed by atoms with Gasteiger partial charge in [-0.3, -0.25) is 14.4 Å². The average molecular weight is 718 g/mol. The molecular weight excluding hydrogens is 681 g/mol.